The molecule has 0 radical (unpaired) electrons. The second-order valence-electron chi connectivity index (χ2n) is 8.11. The largest absolute Gasteiger partial charge is 0.467 e. The van der Waals surface area contributed by atoms with E-state index in [1.165, 1.54) is 32.2 Å². The van der Waals surface area contributed by atoms with Crippen LogP contribution >= 0.6 is 0 Å². The molecule has 1 aromatic carbocycles. The lowest BCUT2D eigenvalue weighted by Gasteiger charge is -2.38. The molecule has 2 aliphatic heterocycles. The molecule has 0 aliphatic carbocycles. The number of aryl methyl sites for hydroxylation is 1. The Labute approximate surface area is 190 Å². The number of benzene rings is 1. The van der Waals surface area contributed by atoms with Crippen LogP contribution in [-0.4, -0.2) is 60.6 Å². The van der Waals surface area contributed by atoms with Gasteiger partial charge in [-0.2, -0.15) is 23.1 Å². The second kappa shape index (κ2) is 8.92. The van der Waals surface area contributed by atoms with Gasteiger partial charge < -0.3 is 19.4 Å². The molecule has 2 aromatic rings. The van der Waals surface area contributed by atoms with Gasteiger partial charge in [-0.25, -0.2) is 0 Å². The van der Waals surface area contributed by atoms with Gasteiger partial charge in [-0.1, -0.05) is 18.7 Å². The molecule has 176 valence electrons. The number of ether oxygens (including phenoxy) is 1. The van der Waals surface area contributed by atoms with Gasteiger partial charge in [0, 0.05) is 44.0 Å². The Hall–Kier alpha value is -3.30. The van der Waals surface area contributed by atoms with E-state index in [9.17, 15) is 18.0 Å². The zero-order chi connectivity index (χ0) is 23.8. The molecule has 0 spiro atoms. The summed E-state index contributed by atoms with van der Waals surface area (Å²) in [5.74, 6) is 0.619. The van der Waals surface area contributed by atoms with Gasteiger partial charge >= 0.3 is 12.2 Å². The Kier molecular flexibility index (Phi) is 6.18. The topological polar surface area (TPSA) is 61.8 Å². The van der Waals surface area contributed by atoms with Crippen LogP contribution in [0.25, 0.3) is 0 Å². The van der Waals surface area contributed by atoms with Crippen LogP contribution in [0.3, 0.4) is 0 Å². The van der Waals surface area contributed by atoms with Crippen molar-refractivity contribution in [1.29, 1.82) is 0 Å². The molecule has 1 amide bonds. The zero-order valence-corrected chi connectivity index (χ0v) is 18.7. The summed E-state index contributed by atoms with van der Waals surface area (Å²) in [5.41, 5.74) is 1.30. The maximum atomic E-state index is 13.8. The summed E-state index contributed by atoms with van der Waals surface area (Å²) in [5, 5.41) is 0. The van der Waals surface area contributed by atoms with Crippen LogP contribution in [0.1, 0.15) is 22.4 Å². The van der Waals surface area contributed by atoms with Crippen molar-refractivity contribution in [2.45, 2.75) is 26.1 Å². The monoisotopic (exact) mass is 461 g/mol. The van der Waals surface area contributed by atoms with E-state index in [4.69, 9.17) is 4.74 Å². The molecule has 10 heteroatoms. The summed E-state index contributed by atoms with van der Waals surface area (Å²) in [6, 6.07) is 4.81. The number of hydrogen-bond donors (Lipinski definition) is 0. The third-order valence-electron chi connectivity index (χ3n) is 6.15. The zero-order valence-electron chi connectivity index (χ0n) is 18.7. The number of alkyl halides is 3. The van der Waals surface area contributed by atoms with Crippen molar-refractivity contribution < 1.29 is 22.7 Å². The maximum Gasteiger partial charge on any atom is 0.418 e. The minimum Gasteiger partial charge on any atom is -0.467 e. The van der Waals surface area contributed by atoms with Gasteiger partial charge in [0.05, 0.1) is 24.9 Å². The van der Waals surface area contributed by atoms with Gasteiger partial charge in [0.15, 0.2) is 0 Å². The summed E-state index contributed by atoms with van der Waals surface area (Å²) in [6.45, 7) is 7.90. The van der Waals surface area contributed by atoms with Gasteiger partial charge in [-0.05, 0) is 31.1 Å². The first kappa shape index (κ1) is 22.9. The molecule has 33 heavy (non-hydrogen) atoms. The van der Waals surface area contributed by atoms with Crippen molar-refractivity contribution in [3.63, 3.8) is 0 Å². The number of fused-ring (bicyclic) bond motifs is 1. The summed E-state index contributed by atoms with van der Waals surface area (Å²) in [6.07, 6.45) is -2.63. The second-order valence-corrected chi connectivity index (χ2v) is 8.11. The van der Waals surface area contributed by atoms with E-state index >= 15 is 0 Å². The first-order valence-electron chi connectivity index (χ1n) is 10.7. The van der Waals surface area contributed by atoms with E-state index in [1.807, 2.05) is 0 Å². The summed E-state index contributed by atoms with van der Waals surface area (Å²) >= 11 is 0. The molecule has 3 heterocycles. The Morgan fingerprint density at radius 3 is 2.48 bits per heavy atom. The number of anilines is 2. The van der Waals surface area contributed by atoms with Gasteiger partial charge in [0.1, 0.15) is 5.82 Å². The van der Waals surface area contributed by atoms with Gasteiger partial charge in [-0.3, -0.25) is 4.79 Å². The highest BCUT2D eigenvalue weighted by Crippen LogP contribution is 2.40. The van der Waals surface area contributed by atoms with E-state index in [1.54, 1.807) is 15.9 Å². The number of nitrogens with zero attached hydrogens (tertiary/aromatic N) is 5. The summed E-state index contributed by atoms with van der Waals surface area (Å²) < 4.78 is 46.7. The Bertz CT molecular complexity index is 1060. The minimum absolute atomic E-state index is 0.105. The van der Waals surface area contributed by atoms with E-state index in [-0.39, 0.29) is 29.7 Å². The third kappa shape index (κ3) is 4.46. The molecule has 0 atom stereocenters. The number of methoxy groups -OCH3 is 1. The number of hydrogen-bond acceptors (Lipinski definition) is 6. The number of carbonyl (C=O) groups is 1. The van der Waals surface area contributed by atoms with Crippen LogP contribution in [0.5, 0.6) is 6.01 Å². The van der Waals surface area contributed by atoms with E-state index in [2.05, 4.69) is 21.4 Å². The smallest absolute Gasteiger partial charge is 0.418 e. The molecule has 1 saturated heterocycles. The fourth-order valence-electron chi connectivity index (χ4n) is 4.50. The third-order valence-corrected chi connectivity index (χ3v) is 6.15. The number of aromatic nitrogens is 2. The standard InChI is InChI=1S/C23H26F3N5O2/c1-4-19(32)29-10-12-30(13-11-29)21-16-8-9-31(14-17(16)27-22(28-21)33-3)18-7-5-6-15(2)20(18)23(24,25)26/h4-7H,1,8-14H2,2-3H3. The molecule has 1 fully saturated rings. The van der Waals surface area contributed by atoms with Crippen LogP contribution in [0.2, 0.25) is 0 Å². The van der Waals surface area contributed by atoms with Crippen LogP contribution in [-0.2, 0) is 23.9 Å². The van der Waals surface area contributed by atoms with E-state index in [0.717, 1.165) is 11.4 Å². The predicted octanol–water partition coefficient (Wildman–Crippen LogP) is 3.21. The highest BCUT2D eigenvalue weighted by Gasteiger charge is 2.37. The van der Waals surface area contributed by atoms with Crippen molar-refractivity contribution in [2.24, 2.45) is 0 Å². The first-order valence-corrected chi connectivity index (χ1v) is 10.7. The minimum atomic E-state index is -4.45. The number of rotatable bonds is 4. The van der Waals surface area contributed by atoms with Gasteiger partial charge in [0.25, 0.3) is 0 Å². The Balaban J connectivity index is 1.64. The highest BCUT2D eigenvalue weighted by molar-refractivity contribution is 5.87. The molecule has 0 N–H and O–H groups in total. The Morgan fingerprint density at radius 1 is 1.12 bits per heavy atom. The number of carbonyl (C=O) groups excluding carboxylic acids is 1. The van der Waals surface area contributed by atoms with Gasteiger partial charge in [0.2, 0.25) is 5.91 Å². The quantitative estimate of drug-likeness (QED) is 0.652. The fraction of sp³-hybridized carbons (Fsp3) is 0.435. The number of amides is 1. The fourth-order valence-corrected chi connectivity index (χ4v) is 4.50. The SMILES string of the molecule is C=CC(=O)N1CCN(c2nc(OC)nc3c2CCN(c2cccc(C)c2C(F)(F)F)C3)CC1. The van der Waals surface area contributed by atoms with Crippen molar-refractivity contribution in [1.82, 2.24) is 14.9 Å². The lowest BCUT2D eigenvalue weighted by Crippen LogP contribution is -2.49. The summed E-state index contributed by atoms with van der Waals surface area (Å²) in [7, 11) is 1.47. The number of piperazine rings is 1. The molecule has 0 unspecified atom stereocenters. The lowest BCUT2D eigenvalue weighted by molar-refractivity contribution is -0.137. The highest BCUT2D eigenvalue weighted by atomic mass is 19.4. The van der Waals surface area contributed by atoms with E-state index < -0.39 is 11.7 Å². The van der Waals surface area contributed by atoms with Crippen LogP contribution in [0.4, 0.5) is 24.7 Å². The first-order chi connectivity index (χ1) is 15.7. The molecular weight excluding hydrogens is 435 g/mol. The van der Waals surface area contributed by atoms with Crippen LogP contribution in [0.15, 0.2) is 30.9 Å². The molecule has 1 aromatic heterocycles. The van der Waals surface area contributed by atoms with Gasteiger partial charge in [-0.15, -0.1) is 0 Å². The van der Waals surface area contributed by atoms with Crippen molar-refractivity contribution in [3.8, 4) is 6.01 Å². The van der Waals surface area contributed by atoms with Crippen molar-refractivity contribution >= 4 is 17.4 Å². The maximum absolute atomic E-state index is 13.8. The average Bonchev–Trinajstić information content (AvgIpc) is 2.81. The number of halogens is 3. The molecule has 0 bridgehead atoms. The average molecular weight is 461 g/mol. The van der Waals surface area contributed by atoms with Crippen LogP contribution < -0.4 is 14.5 Å². The van der Waals surface area contributed by atoms with Crippen molar-refractivity contribution in [3.05, 3.63) is 53.2 Å². The molecule has 2 aliphatic rings. The molecular formula is C23H26F3N5O2. The summed E-state index contributed by atoms with van der Waals surface area (Å²) in [4.78, 5) is 26.5. The van der Waals surface area contributed by atoms with Crippen LogP contribution in [0, 0.1) is 6.92 Å². The van der Waals surface area contributed by atoms with Crippen molar-refractivity contribution in [2.75, 3.05) is 49.6 Å². The Morgan fingerprint density at radius 2 is 1.85 bits per heavy atom. The molecule has 7 nitrogen and oxygen atoms in total. The normalized spacial score (nSPS) is 16.5. The molecule has 0 saturated carbocycles. The lowest BCUT2D eigenvalue weighted by atomic mass is 10.0. The molecule has 4 rings (SSSR count). The predicted molar refractivity (Wildman–Crippen MR) is 119 cm³/mol. The van der Waals surface area contributed by atoms with E-state index in [0.29, 0.717) is 44.8 Å².